The Bertz CT molecular complexity index is 4650. The topological polar surface area (TPSA) is 20.6 Å². The van der Waals surface area contributed by atoms with E-state index < -0.39 is 5.41 Å². The van der Waals surface area contributed by atoms with Gasteiger partial charge >= 0.3 is 0 Å². The average molecular weight is 1020 g/mol. The van der Waals surface area contributed by atoms with Crippen LogP contribution in [0, 0.1) is 13.8 Å². The molecule has 4 heterocycles. The number of fused-ring (bicyclic) bond motifs is 16. The SMILES string of the molecule is Cc1ccc2c(c1)N(c1ccccc1-c1ccccc1)c1cc(C)cc3c1B2c1cc2c(cc1N3c1ccccc1-c1ccccc1)-c1cc(-n3c4ccccc4c4ccccc43)ccc1C21c2ccccc2Oc2ccccc21. The molecule has 0 saturated carbocycles. The van der Waals surface area contributed by atoms with Gasteiger partial charge in [0.25, 0.3) is 6.71 Å². The molecule has 17 rings (SSSR count). The first-order valence-electron chi connectivity index (χ1n) is 27.9. The van der Waals surface area contributed by atoms with E-state index in [2.05, 4.69) is 295 Å². The van der Waals surface area contributed by atoms with E-state index in [-0.39, 0.29) is 6.71 Å². The van der Waals surface area contributed by atoms with E-state index in [0.717, 1.165) is 39.7 Å². The van der Waals surface area contributed by atoms with Crippen LogP contribution in [0.5, 0.6) is 11.5 Å². The van der Waals surface area contributed by atoms with Crippen LogP contribution in [0.4, 0.5) is 34.1 Å². The standard InChI is InChI=1S/C75H50BN3O/c1-47-37-40-62-68(41-47)78(64-31-15-9-25-52(64)49-21-5-3-6-22-49)70-42-48(2)43-71-74(70)76(62)63-46-61-57(45-69(63)79(71)65-32-16-10-26-53(65)50-23-7-4-8-24-50)56-44-51(77-66-33-17-11-27-54(66)55-28-12-18-34-67(55)77)38-39-58(56)75(61)59-29-13-19-35-72(59)80-73-36-20-14-30-60(73)75/h3-46H,1-2H3. The molecule has 13 aromatic rings. The Morgan fingerprint density at radius 3 is 1.45 bits per heavy atom. The minimum Gasteiger partial charge on any atom is -0.457 e. The van der Waals surface area contributed by atoms with Gasteiger partial charge in [0.2, 0.25) is 0 Å². The largest absolute Gasteiger partial charge is 0.457 e. The highest BCUT2D eigenvalue weighted by molar-refractivity contribution is 7.00. The molecule has 5 heteroatoms. The van der Waals surface area contributed by atoms with Gasteiger partial charge in [-0.25, -0.2) is 0 Å². The molecule has 0 radical (unpaired) electrons. The van der Waals surface area contributed by atoms with E-state index in [9.17, 15) is 0 Å². The van der Waals surface area contributed by atoms with Crippen molar-refractivity contribution in [1.82, 2.24) is 4.57 Å². The predicted octanol–water partition coefficient (Wildman–Crippen LogP) is 17.3. The summed E-state index contributed by atoms with van der Waals surface area (Å²) in [5.74, 6) is 1.75. The second kappa shape index (κ2) is 17.0. The summed E-state index contributed by atoms with van der Waals surface area (Å²) in [4.78, 5) is 5.19. The first-order valence-corrected chi connectivity index (χ1v) is 27.9. The summed E-state index contributed by atoms with van der Waals surface area (Å²) >= 11 is 0. The van der Waals surface area contributed by atoms with Crippen molar-refractivity contribution in [2.45, 2.75) is 19.3 Å². The van der Waals surface area contributed by atoms with E-state index in [1.807, 2.05) is 0 Å². The average Bonchev–Trinajstić information content (AvgIpc) is 4.18. The molecule has 12 aromatic carbocycles. The Morgan fingerprint density at radius 1 is 0.338 bits per heavy atom. The summed E-state index contributed by atoms with van der Waals surface area (Å²) in [6, 6.07) is 99.5. The van der Waals surface area contributed by atoms with Gasteiger partial charge in [-0.2, -0.15) is 0 Å². The number of para-hydroxylation sites is 6. The summed E-state index contributed by atoms with van der Waals surface area (Å²) in [5, 5.41) is 2.49. The van der Waals surface area contributed by atoms with Crippen molar-refractivity contribution in [2.75, 3.05) is 9.80 Å². The molecule has 0 bridgehead atoms. The van der Waals surface area contributed by atoms with Crippen LogP contribution in [0.1, 0.15) is 33.4 Å². The van der Waals surface area contributed by atoms with Crippen LogP contribution in [0.25, 0.3) is 60.9 Å². The maximum absolute atomic E-state index is 6.98. The van der Waals surface area contributed by atoms with Crippen molar-refractivity contribution in [1.29, 1.82) is 0 Å². The highest BCUT2D eigenvalue weighted by Crippen LogP contribution is 2.63. The van der Waals surface area contributed by atoms with Gasteiger partial charge < -0.3 is 19.1 Å². The molecule has 0 fully saturated rings. The van der Waals surface area contributed by atoms with E-state index in [1.165, 1.54) is 117 Å². The zero-order chi connectivity index (χ0) is 52.8. The van der Waals surface area contributed by atoms with E-state index in [0.29, 0.717) is 0 Å². The van der Waals surface area contributed by atoms with E-state index in [1.54, 1.807) is 0 Å². The molecule has 374 valence electrons. The second-order valence-corrected chi connectivity index (χ2v) is 22.0. The Labute approximate surface area is 465 Å². The lowest BCUT2D eigenvalue weighted by atomic mass is 9.33. The monoisotopic (exact) mass is 1020 g/mol. The molecule has 1 spiro atoms. The first kappa shape index (κ1) is 45.0. The molecule has 80 heavy (non-hydrogen) atoms. The Balaban J connectivity index is 1.01. The summed E-state index contributed by atoms with van der Waals surface area (Å²) in [6.45, 7) is 4.38. The molecule has 1 aliphatic carbocycles. The molecule has 1 aromatic heterocycles. The van der Waals surface area contributed by atoms with Crippen molar-refractivity contribution in [3.05, 3.63) is 300 Å². The Kier molecular flexibility index (Phi) is 9.53. The summed E-state index contributed by atoms with van der Waals surface area (Å²) in [5.41, 5.74) is 28.0. The second-order valence-electron chi connectivity index (χ2n) is 22.0. The fourth-order valence-electron chi connectivity index (χ4n) is 14.5. The van der Waals surface area contributed by atoms with Crippen LogP contribution in [-0.2, 0) is 5.41 Å². The minimum absolute atomic E-state index is 0.129. The number of hydrogen-bond donors (Lipinski definition) is 0. The molecular weight excluding hydrogens is 970 g/mol. The van der Waals surface area contributed by atoms with Gasteiger partial charge in [0, 0.05) is 61.5 Å². The van der Waals surface area contributed by atoms with Gasteiger partial charge in [0.15, 0.2) is 0 Å². The molecule has 0 N–H and O–H groups in total. The van der Waals surface area contributed by atoms with Crippen molar-refractivity contribution in [3.63, 3.8) is 0 Å². The molecule has 0 saturated heterocycles. The smallest absolute Gasteiger partial charge is 0.252 e. The maximum atomic E-state index is 6.98. The molecule has 4 aliphatic rings. The van der Waals surface area contributed by atoms with Crippen LogP contribution >= 0.6 is 0 Å². The third-order valence-electron chi connectivity index (χ3n) is 17.7. The zero-order valence-electron chi connectivity index (χ0n) is 44.2. The Hall–Kier alpha value is -10.1. The highest BCUT2D eigenvalue weighted by atomic mass is 16.5. The highest BCUT2D eigenvalue weighted by Gasteiger charge is 2.53. The normalized spacial score (nSPS) is 13.8. The lowest BCUT2D eigenvalue weighted by Crippen LogP contribution is -2.61. The van der Waals surface area contributed by atoms with Crippen LogP contribution in [-0.4, -0.2) is 11.3 Å². The summed E-state index contributed by atoms with van der Waals surface area (Å²) < 4.78 is 9.44. The van der Waals surface area contributed by atoms with E-state index in [4.69, 9.17) is 4.74 Å². The number of aromatic nitrogens is 1. The molecular formula is C75H50BN3O. The number of ether oxygens (including phenoxy) is 1. The molecule has 3 aliphatic heterocycles. The van der Waals surface area contributed by atoms with Crippen LogP contribution in [0.3, 0.4) is 0 Å². The number of benzene rings is 12. The van der Waals surface area contributed by atoms with Crippen molar-refractivity contribution in [3.8, 4) is 50.6 Å². The van der Waals surface area contributed by atoms with Crippen LogP contribution in [0.15, 0.2) is 267 Å². The minimum atomic E-state index is -0.723. The molecule has 4 nitrogen and oxygen atoms in total. The third kappa shape index (κ3) is 6.17. The quantitative estimate of drug-likeness (QED) is 0.160. The van der Waals surface area contributed by atoms with Crippen molar-refractivity contribution < 1.29 is 4.74 Å². The van der Waals surface area contributed by atoms with E-state index >= 15 is 0 Å². The van der Waals surface area contributed by atoms with Gasteiger partial charge in [-0.05, 0) is 148 Å². The lowest BCUT2D eigenvalue weighted by molar-refractivity contribution is 0.436. The molecule has 0 unspecified atom stereocenters. The van der Waals surface area contributed by atoms with Crippen LogP contribution < -0.4 is 30.9 Å². The third-order valence-corrected chi connectivity index (χ3v) is 17.7. The number of hydrogen-bond acceptors (Lipinski definition) is 3. The Morgan fingerprint density at radius 2 is 0.838 bits per heavy atom. The van der Waals surface area contributed by atoms with Crippen molar-refractivity contribution in [2.24, 2.45) is 0 Å². The van der Waals surface area contributed by atoms with Crippen molar-refractivity contribution >= 4 is 79.0 Å². The summed E-state index contributed by atoms with van der Waals surface area (Å²) in [7, 11) is 0. The van der Waals surface area contributed by atoms with Gasteiger partial charge in [0.1, 0.15) is 11.5 Å². The van der Waals surface area contributed by atoms with Gasteiger partial charge in [-0.1, -0.05) is 194 Å². The molecule has 0 amide bonds. The fraction of sp³-hybridized carbons (Fsp3) is 0.0400. The fourth-order valence-corrected chi connectivity index (χ4v) is 14.5. The van der Waals surface area contributed by atoms with Gasteiger partial charge in [-0.15, -0.1) is 0 Å². The van der Waals surface area contributed by atoms with Gasteiger partial charge in [-0.3, -0.25) is 0 Å². The van der Waals surface area contributed by atoms with Gasteiger partial charge in [0.05, 0.1) is 27.8 Å². The molecule has 0 atom stereocenters. The number of nitrogens with zero attached hydrogens (tertiary/aromatic N) is 3. The summed E-state index contributed by atoms with van der Waals surface area (Å²) in [6.07, 6.45) is 0. The number of aryl methyl sites for hydroxylation is 2. The predicted molar refractivity (Wildman–Crippen MR) is 333 cm³/mol. The number of anilines is 6. The number of rotatable bonds is 5. The zero-order valence-corrected chi connectivity index (χ0v) is 44.2. The first-order chi connectivity index (χ1) is 39.5. The van der Waals surface area contributed by atoms with Crippen LogP contribution in [0.2, 0.25) is 0 Å². The maximum Gasteiger partial charge on any atom is 0.252 e. The lowest BCUT2D eigenvalue weighted by Gasteiger charge is -2.46.